The van der Waals surface area contributed by atoms with Crippen LogP contribution >= 0.6 is 11.6 Å². The summed E-state index contributed by atoms with van der Waals surface area (Å²) in [7, 11) is 1.63. The molecule has 1 aliphatic rings. The van der Waals surface area contributed by atoms with E-state index in [1.165, 1.54) is 0 Å². The summed E-state index contributed by atoms with van der Waals surface area (Å²) < 4.78 is 5.16. The summed E-state index contributed by atoms with van der Waals surface area (Å²) in [6, 6.07) is 15.3. The Morgan fingerprint density at radius 3 is 2.24 bits per heavy atom. The quantitative estimate of drug-likeness (QED) is 0.800. The maximum absolute atomic E-state index is 12.2. The van der Waals surface area contributed by atoms with Gasteiger partial charge in [-0.15, -0.1) is 0 Å². The summed E-state index contributed by atoms with van der Waals surface area (Å²) >= 11 is 5.93. The fraction of sp³-hybridized carbons (Fsp3) is 0.235. The number of β-lactam (4-membered cyclic amide) rings is 1. The minimum absolute atomic E-state index is 0.0201. The van der Waals surface area contributed by atoms with Gasteiger partial charge in [-0.25, -0.2) is 0 Å². The first-order valence-corrected chi connectivity index (χ1v) is 7.22. The van der Waals surface area contributed by atoms with Crippen molar-refractivity contribution in [1.82, 2.24) is 0 Å². The van der Waals surface area contributed by atoms with Gasteiger partial charge in [-0.2, -0.15) is 0 Å². The van der Waals surface area contributed by atoms with Crippen LogP contribution in [-0.4, -0.2) is 13.0 Å². The number of benzene rings is 2. The van der Waals surface area contributed by atoms with Gasteiger partial charge in [0, 0.05) is 10.7 Å². The van der Waals surface area contributed by atoms with Crippen molar-refractivity contribution >= 4 is 23.2 Å². The Kier molecular flexibility index (Phi) is 3.60. The molecule has 0 aliphatic carbocycles. The third-order valence-corrected chi connectivity index (χ3v) is 4.19. The van der Waals surface area contributed by atoms with Gasteiger partial charge in [0.1, 0.15) is 5.75 Å². The van der Waals surface area contributed by atoms with E-state index in [1.807, 2.05) is 60.4 Å². The van der Waals surface area contributed by atoms with E-state index in [2.05, 4.69) is 0 Å². The summed E-state index contributed by atoms with van der Waals surface area (Å²) in [6.07, 6.45) is 0. The van der Waals surface area contributed by atoms with Gasteiger partial charge < -0.3 is 9.64 Å². The van der Waals surface area contributed by atoms with Crippen LogP contribution < -0.4 is 9.64 Å². The molecule has 1 aliphatic heterocycles. The average Bonchev–Trinajstić information content (AvgIpc) is 2.53. The van der Waals surface area contributed by atoms with Crippen molar-refractivity contribution in [1.29, 1.82) is 0 Å². The summed E-state index contributed by atoms with van der Waals surface area (Å²) in [4.78, 5) is 14.1. The van der Waals surface area contributed by atoms with E-state index in [4.69, 9.17) is 16.3 Å². The van der Waals surface area contributed by atoms with Gasteiger partial charge in [0.15, 0.2) is 0 Å². The van der Waals surface area contributed by atoms with E-state index in [1.54, 1.807) is 7.11 Å². The van der Waals surface area contributed by atoms with Gasteiger partial charge in [-0.05, 0) is 42.0 Å². The van der Waals surface area contributed by atoms with E-state index in [-0.39, 0.29) is 17.9 Å². The molecule has 21 heavy (non-hydrogen) atoms. The van der Waals surface area contributed by atoms with Crippen LogP contribution in [0.5, 0.6) is 5.75 Å². The molecule has 1 fully saturated rings. The number of carbonyl (C=O) groups excluding carboxylic acids is 1. The number of nitrogens with zero attached hydrogens (tertiary/aromatic N) is 1. The predicted molar refractivity (Wildman–Crippen MR) is 83.8 cm³/mol. The van der Waals surface area contributed by atoms with Gasteiger partial charge in [-0.1, -0.05) is 30.7 Å². The lowest BCUT2D eigenvalue weighted by Crippen LogP contribution is -2.54. The van der Waals surface area contributed by atoms with Crippen molar-refractivity contribution in [3.63, 3.8) is 0 Å². The van der Waals surface area contributed by atoms with Crippen molar-refractivity contribution in [3.8, 4) is 5.75 Å². The molecule has 3 nitrogen and oxygen atoms in total. The molecule has 2 aromatic rings. The molecule has 108 valence electrons. The second-order valence-electron chi connectivity index (χ2n) is 5.19. The monoisotopic (exact) mass is 301 g/mol. The van der Waals surface area contributed by atoms with Crippen LogP contribution in [0.4, 0.5) is 5.69 Å². The number of amides is 1. The molecule has 0 spiro atoms. The maximum Gasteiger partial charge on any atom is 0.232 e. The van der Waals surface area contributed by atoms with Crippen LogP contribution in [0.1, 0.15) is 18.5 Å². The van der Waals surface area contributed by atoms with E-state index in [9.17, 15) is 4.79 Å². The fourth-order valence-corrected chi connectivity index (χ4v) is 2.89. The van der Waals surface area contributed by atoms with Crippen LogP contribution in [0.2, 0.25) is 5.02 Å². The van der Waals surface area contributed by atoms with Gasteiger partial charge in [0.2, 0.25) is 5.91 Å². The first-order valence-electron chi connectivity index (χ1n) is 6.84. The van der Waals surface area contributed by atoms with E-state index < -0.39 is 0 Å². The van der Waals surface area contributed by atoms with Crippen LogP contribution in [0, 0.1) is 5.92 Å². The highest BCUT2D eigenvalue weighted by Gasteiger charge is 2.45. The van der Waals surface area contributed by atoms with Gasteiger partial charge in [0.05, 0.1) is 19.1 Å². The van der Waals surface area contributed by atoms with Crippen molar-refractivity contribution in [3.05, 3.63) is 59.1 Å². The maximum atomic E-state index is 12.2. The number of anilines is 1. The van der Waals surface area contributed by atoms with E-state index in [0.717, 1.165) is 17.0 Å². The molecule has 0 radical (unpaired) electrons. The van der Waals surface area contributed by atoms with Gasteiger partial charge in [0.25, 0.3) is 0 Å². The third kappa shape index (κ3) is 2.38. The van der Waals surface area contributed by atoms with Crippen molar-refractivity contribution in [2.75, 3.05) is 12.0 Å². The lowest BCUT2D eigenvalue weighted by atomic mass is 9.83. The Morgan fingerprint density at radius 1 is 1.05 bits per heavy atom. The number of methoxy groups -OCH3 is 1. The normalized spacial score (nSPS) is 21.1. The number of rotatable bonds is 3. The largest absolute Gasteiger partial charge is 0.497 e. The van der Waals surface area contributed by atoms with Crippen molar-refractivity contribution < 1.29 is 9.53 Å². The minimum Gasteiger partial charge on any atom is -0.497 e. The Bertz CT molecular complexity index is 651. The second kappa shape index (κ2) is 5.41. The van der Waals surface area contributed by atoms with E-state index >= 15 is 0 Å². The number of hydrogen-bond donors (Lipinski definition) is 0. The fourth-order valence-electron chi connectivity index (χ4n) is 2.76. The lowest BCUT2D eigenvalue weighted by Gasteiger charge is -2.46. The highest BCUT2D eigenvalue weighted by molar-refractivity contribution is 6.30. The Morgan fingerprint density at radius 2 is 1.67 bits per heavy atom. The summed E-state index contributed by atoms with van der Waals surface area (Å²) in [5.74, 6) is 0.899. The molecule has 0 bridgehead atoms. The highest BCUT2D eigenvalue weighted by Crippen LogP contribution is 2.43. The van der Waals surface area contributed by atoms with Crippen LogP contribution in [0.25, 0.3) is 0 Å². The molecule has 2 aromatic carbocycles. The van der Waals surface area contributed by atoms with Crippen LogP contribution in [-0.2, 0) is 4.79 Å². The topological polar surface area (TPSA) is 29.5 Å². The van der Waals surface area contributed by atoms with Crippen LogP contribution in [0.3, 0.4) is 0 Å². The number of hydrogen-bond acceptors (Lipinski definition) is 2. The Hall–Kier alpha value is -2.00. The van der Waals surface area contributed by atoms with Gasteiger partial charge in [-0.3, -0.25) is 4.79 Å². The molecule has 1 heterocycles. The highest BCUT2D eigenvalue weighted by atomic mass is 35.5. The van der Waals surface area contributed by atoms with Crippen LogP contribution in [0.15, 0.2) is 48.5 Å². The Balaban J connectivity index is 1.92. The molecule has 2 atom stereocenters. The Labute approximate surface area is 129 Å². The zero-order valence-corrected chi connectivity index (χ0v) is 12.7. The second-order valence-corrected chi connectivity index (χ2v) is 5.63. The molecule has 2 unspecified atom stereocenters. The molecule has 0 N–H and O–H groups in total. The molecule has 3 rings (SSSR count). The molecule has 0 aromatic heterocycles. The summed E-state index contributed by atoms with van der Waals surface area (Å²) in [6.45, 7) is 1.96. The molecule has 1 saturated heterocycles. The van der Waals surface area contributed by atoms with Crippen molar-refractivity contribution in [2.45, 2.75) is 13.0 Å². The molecule has 1 amide bonds. The van der Waals surface area contributed by atoms with Crippen molar-refractivity contribution in [2.24, 2.45) is 5.92 Å². The first-order chi connectivity index (χ1) is 10.1. The first kappa shape index (κ1) is 14.0. The molecule has 4 heteroatoms. The summed E-state index contributed by atoms with van der Waals surface area (Å²) in [5, 5.41) is 0.702. The molecule has 0 saturated carbocycles. The number of carbonyl (C=O) groups is 1. The number of halogens is 1. The minimum atomic E-state index is -0.0201. The zero-order chi connectivity index (χ0) is 15.0. The lowest BCUT2D eigenvalue weighted by molar-refractivity contribution is -0.129. The summed E-state index contributed by atoms with van der Waals surface area (Å²) in [5.41, 5.74) is 1.99. The molecular formula is C17H16ClNO2. The standard InChI is InChI=1S/C17H16ClNO2/c1-11-16(12-3-5-13(18)6-4-12)19(17(11)20)14-7-9-15(21-2)10-8-14/h3-11,16H,1-2H3. The van der Waals surface area contributed by atoms with E-state index in [0.29, 0.717) is 5.02 Å². The average molecular weight is 302 g/mol. The zero-order valence-electron chi connectivity index (χ0n) is 11.9. The SMILES string of the molecule is COc1ccc(N2C(=O)C(C)C2c2ccc(Cl)cc2)cc1. The number of ether oxygens (including phenoxy) is 1. The molecular weight excluding hydrogens is 286 g/mol. The van der Waals surface area contributed by atoms with Gasteiger partial charge >= 0.3 is 0 Å². The predicted octanol–water partition coefficient (Wildman–Crippen LogP) is 4.07. The smallest absolute Gasteiger partial charge is 0.232 e. The third-order valence-electron chi connectivity index (χ3n) is 3.94.